The minimum Gasteiger partial charge on any atom is -0.768 e. The first-order valence-corrected chi connectivity index (χ1v) is 12.8. The summed E-state index contributed by atoms with van der Waals surface area (Å²) in [5.41, 5.74) is 1.09. The SMILES string of the molecule is CS(=O)(=O)c1nc2ccc(NCOc3cc(S(=O)[O-])cc(S(=O)(=O)O)c3)cc2s1. The minimum atomic E-state index is -4.62. The first-order valence-electron chi connectivity index (χ1n) is 7.63. The highest BCUT2D eigenvalue weighted by Crippen LogP contribution is 2.28. The van der Waals surface area contributed by atoms with Crippen molar-refractivity contribution in [1.82, 2.24) is 4.98 Å². The molecule has 2 aromatic carbocycles. The largest absolute Gasteiger partial charge is 0.768 e. The van der Waals surface area contributed by atoms with Crippen molar-refractivity contribution < 1.29 is 34.9 Å². The Balaban J connectivity index is 1.77. The molecule has 0 bridgehead atoms. The molecule has 0 amide bonds. The summed E-state index contributed by atoms with van der Waals surface area (Å²) >= 11 is -1.71. The highest BCUT2D eigenvalue weighted by molar-refractivity contribution is 7.92. The van der Waals surface area contributed by atoms with E-state index in [0.29, 0.717) is 15.9 Å². The van der Waals surface area contributed by atoms with Crippen LogP contribution in [0, 0.1) is 0 Å². The van der Waals surface area contributed by atoms with Gasteiger partial charge in [0.1, 0.15) is 5.75 Å². The molecule has 2 N–H and O–H groups in total. The molecular formula is C15H13N2O8S4-. The lowest BCUT2D eigenvalue weighted by Crippen LogP contribution is -2.10. The molecule has 0 saturated heterocycles. The van der Waals surface area contributed by atoms with E-state index in [9.17, 15) is 25.6 Å². The second-order valence-electron chi connectivity index (χ2n) is 5.75. The van der Waals surface area contributed by atoms with Gasteiger partial charge in [0.2, 0.25) is 14.2 Å². The van der Waals surface area contributed by atoms with Gasteiger partial charge in [-0.2, -0.15) is 8.42 Å². The summed E-state index contributed by atoms with van der Waals surface area (Å²) in [7, 11) is -8.04. The number of hydrogen-bond donors (Lipinski definition) is 2. The Labute approximate surface area is 172 Å². The van der Waals surface area contributed by atoms with Crippen molar-refractivity contribution in [2.24, 2.45) is 0 Å². The zero-order valence-corrected chi connectivity index (χ0v) is 17.8. The van der Waals surface area contributed by atoms with Crippen LogP contribution in [0.1, 0.15) is 0 Å². The molecule has 10 nitrogen and oxygen atoms in total. The summed E-state index contributed by atoms with van der Waals surface area (Å²) in [5, 5.41) is 2.88. The second-order valence-corrected chi connectivity index (χ2v) is 11.3. The molecule has 156 valence electrons. The highest BCUT2D eigenvalue weighted by atomic mass is 32.2. The lowest BCUT2D eigenvalue weighted by molar-refractivity contribution is 0.344. The van der Waals surface area contributed by atoms with E-state index in [1.54, 1.807) is 18.2 Å². The van der Waals surface area contributed by atoms with E-state index in [0.717, 1.165) is 35.8 Å². The number of anilines is 1. The smallest absolute Gasteiger partial charge is 0.294 e. The van der Waals surface area contributed by atoms with Crippen LogP contribution >= 0.6 is 11.3 Å². The van der Waals surface area contributed by atoms with Gasteiger partial charge in [0.25, 0.3) is 10.1 Å². The van der Waals surface area contributed by atoms with Crippen LogP contribution in [0.15, 0.2) is 50.5 Å². The van der Waals surface area contributed by atoms with Crippen molar-refractivity contribution in [1.29, 1.82) is 0 Å². The topological polar surface area (TPSA) is 163 Å². The van der Waals surface area contributed by atoms with Gasteiger partial charge in [0, 0.05) is 22.9 Å². The number of fused-ring (bicyclic) bond motifs is 1. The van der Waals surface area contributed by atoms with Crippen molar-refractivity contribution in [3.63, 3.8) is 0 Å². The Morgan fingerprint density at radius 3 is 2.55 bits per heavy atom. The number of hydrogen-bond acceptors (Lipinski definition) is 10. The van der Waals surface area contributed by atoms with Crippen molar-refractivity contribution in [2.75, 3.05) is 18.3 Å². The first kappa shape index (κ1) is 21.6. The summed E-state index contributed by atoms with van der Waals surface area (Å²) in [6.07, 6.45) is 1.07. The van der Waals surface area contributed by atoms with Crippen LogP contribution in [-0.4, -0.2) is 48.1 Å². The maximum absolute atomic E-state index is 11.6. The van der Waals surface area contributed by atoms with Gasteiger partial charge in [0.05, 0.1) is 15.1 Å². The third kappa shape index (κ3) is 5.29. The Kier molecular flexibility index (Phi) is 5.93. The fourth-order valence-corrected chi connectivity index (χ4v) is 5.18. The predicted molar refractivity (Wildman–Crippen MR) is 105 cm³/mol. The minimum absolute atomic E-state index is 0.000991. The first-order chi connectivity index (χ1) is 13.4. The van der Waals surface area contributed by atoms with Gasteiger partial charge in [-0.25, -0.2) is 13.4 Å². The van der Waals surface area contributed by atoms with Gasteiger partial charge < -0.3 is 14.6 Å². The monoisotopic (exact) mass is 477 g/mol. The van der Waals surface area contributed by atoms with Gasteiger partial charge in [-0.3, -0.25) is 8.76 Å². The van der Waals surface area contributed by atoms with Gasteiger partial charge >= 0.3 is 0 Å². The summed E-state index contributed by atoms with van der Waals surface area (Å²) in [5.74, 6) is -0.0925. The Bertz CT molecular complexity index is 1320. The average molecular weight is 478 g/mol. The molecule has 0 aliphatic carbocycles. The van der Waals surface area contributed by atoms with Crippen LogP contribution in [-0.2, 0) is 31.0 Å². The number of benzene rings is 2. The second kappa shape index (κ2) is 7.97. The molecule has 29 heavy (non-hydrogen) atoms. The van der Waals surface area contributed by atoms with Crippen molar-refractivity contribution >= 4 is 58.3 Å². The fourth-order valence-electron chi connectivity index (χ4n) is 2.25. The molecule has 1 unspecified atom stereocenters. The van der Waals surface area contributed by atoms with Gasteiger partial charge in [0.15, 0.2) is 6.73 Å². The Hall–Kier alpha value is -2.10. The van der Waals surface area contributed by atoms with E-state index in [1.807, 2.05) is 0 Å². The number of nitrogens with zero attached hydrogens (tertiary/aromatic N) is 1. The molecule has 0 aliphatic heterocycles. The van der Waals surface area contributed by atoms with Crippen molar-refractivity contribution in [2.45, 2.75) is 14.1 Å². The molecular weight excluding hydrogens is 464 g/mol. The molecule has 1 aromatic heterocycles. The average Bonchev–Trinajstić information content (AvgIpc) is 3.04. The van der Waals surface area contributed by atoms with E-state index < -0.39 is 35.9 Å². The van der Waals surface area contributed by atoms with Crippen LogP contribution in [0.25, 0.3) is 10.2 Å². The van der Waals surface area contributed by atoms with E-state index in [4.69, 9.17) is 9.29 Å². The Morgan fingerprint density at radius 2 is 1.93 bits per heavy atom. The third-order valence-corrected chi connectivity index (χ3v) is 7.69. The molecule has 3 rings (SSSR count). The summed E-state index contributed by atoms with van der Waals surface area (Å²) < 4.78 is 83.1. The summed E-state index contributed by atoms with van der Waals surface area (Å²) in [6, 6.07) is 7.82. The summed E-state index contributed by atoms with van der Waals surface area (Å²) in [4.78, 5) is 3.06. The number of nitrogens with one attached hydrogen (secondary N) is 1. The molecule has 14 heteroatoms. The highest BCUT2D eigenvalue weighted by Gasteiger charge is 2.15. The number of thiazole rings is 1. The quantitative estimate of drug-likeness (QED) is 0.290. The number of ether oxygens (including phenoxy) is 1. The van der Waals surface area contributed by atoms with E-state index >= 15 is 0 Å². The zero-order valence-electron chi connectivity index (χ0n) is 14.6. The standard InChI is InChI=1S/C15H14N2O8S4/c1-28(20,21)15-17-13-3-2-9(4-14(13)26-15)16-8-25-10-5-11(27(18)19)7-12(6-10)29(22,23)24/h2-7,16H,8H2,1H3,(H,18,19)(H,22,23,24)/p-1. The number of aromatic nitrogens is 1. The predicted octanol–water partition coefficient (Wildman–Crippen LogP) is 1.63. The maximum atomic E-state index is 11.6. The van der Waals surface area contributed by atoms with Gasteiger partial charge in [-0.15, -0.1) is 11.3 Å². The molecule has 1 atom stereocenters. The fraction of sp³-hybridized carbons (Fsp3) is 0.133. The number of sulfone groups is 1. The molecule has 0 aliphatic rings. The van der Waals surface area contributed by atoms with Crippen LogP contribution < -0.4 is 10.1 Å². The van der Waals surface area contributed by atoms with Gasteiger partial charge in [-0.05, 0) is 41.4 Å². The van der Waals surface area contributed by atoms with Gasteiger partial charge in [-0.1, -0.05) is 0 Å². The Morgan fingerprint density at radius 1 is 1.21 bits per heavy atom. The van der Waals surface area contributed by atoms with E-state index in [1.165, 1.54) is 0 Å². The number of rotatable bonds is 7. The van der Waals surface area contributed by atoms with E-state index in [2.05, 4.69) is 10.3 Å². The van der Waals surface area contributed by atoms with Crippen molar-refractivity contribution in [3.05, 3.63) is 36.4 Å². The maximum Gasteiger partial charge on any atom is 0.294 e. The van der Waals surface area contributed by atoms with Crippen molar-refractivity contribution in [3.8, 4) is 5.75 Å². The van der Waals surface area contributed by atoms with Crippen LogP contribution in [0.3, 0.4) is 0 Å². The zero-order chi connectivity index (χ0) is 21.4. The third-order valence-electron chi connectivity index (χ3n) is 3.55. The molecule has 0 saturated carbocycles. The van der Waals surface area contributed by atoms with Crippen LogP contribution in [0.4, 0.5) is 5.69 Å². The molecule has 1 heterocycles. The molecule has 3 aromatic rings. The van der Waals surface area contributed by atoms with Crippen LogP contribution in [0.2, 0.25) is 0 Å². The molecule has 0 fully saturated rings. The lowest BCUT2D eigenvalue weighted by atomic mass is 10.3. The normalized spacial score (nSPS) is 13.3. The van der Waals surface area contributed by atoms with E-state index in [-0.39, 0.29) is 21.7 Å². The summed E-state index contributed by atoms with van der Waals surface area (Å²) in [6.45, 7) is -0.164. The lowest BCUT2D eigenvalue weighted by Gasteiger charge is -2.12. The van der Waals surface area contributed by atoms with Crippen LogP contribution in [0.5, 0.6) is 5.75 Å². The molecule has 0 spiro atoms. The molecule has 0 radical (unpaired) electrons.